The number of nitrogens with zero attached hydrogens (tertiary/aromatic N) is 1. The van der Waals surface area contributed by atoms with Crippen LogP contribution < -0.4 is 19.7 Å². The van der Waals surface area contributed by atoms with Crippen molar-refractivity contribution in [1.82, 2.24) is 5.32 Å². The van der Waals surface area contributed by atoms with Gasteiger partial charge in [-0.15, -0.1) is 0 Å². The summed E-state index contributed by atoms with van der Waals surface area (Å²) in [5.41, 5.74) is 0.797. The van der Waals surface area contributed by atoms with E-state index in [0.717, 1.165) is 17.1 Å². The third-order valence-corrected chi connectivity index (χ3v) is 8.12. The van der Waals surface area contributed by atoms with Gasteiger partial charge in [0.05, 0.1) is 34.5 Å². The molecule has 1 atom stereocenters. The van der Waals surface area contributed by atoms with Crippen LogP contribution in [-0.2, 0) is 19.6 Å². The van der Waals surface area contributed by atoms with E-state index in [0.29, 0.717) is 30.5 Å². The molecule has 0 unspecified atom stereocenters. The molecule has 9 nitrogen and oxygen atoms in total. The second-order valence-corrected chi connectivity index (χ2v) is 11.1. The van der Waals surface area contributed by atoms with Crippen molar-refractivity contribution in [3.63, 3.8) is 0 Å². The molecule has 3 aromatic carbocycles. The lowest BCUT2D eigenvalue weighted by Crippen LogP contribution is -2.38. The second kappa shape index (κ2) is 13.0. The Kier molecular flexibility index (Phi) is 9.45. The molecule has 4 rings (SSSR count). The molecule has 39 heavy (non-hydrogen) atoms. The van der Waals surface area contributed by atoms with E-state index in [1.54, 1.807) is 48.5 Å². The van der Waals surface area contributed by atoms with Gasteiger partial charge in [0.15, 0.2) is 0 Å². The fraction of sp³-hybridized carbons (Fsp3) is 0.286. The van der Waals surface area contributed by atoms with Crippen molar-refractivity contribution in [2.75, 3.05) is 35.9 Å². The van der Waals surface area contributed by atoms with Gasteiger partial charge in [0.1, 0.15) is 12.3 Å². The van der Waals surface area contributed by atoms with E-state index < -0.39 is 22.5 Å². The van der Waals surface area contributed by atoms with E-state index in [2.05, 4.69) is 10.6 Å². The number of rotatable bonds is 11. The average Bonchev–Trinajstić information content (AvgIpc) is 3.45. The number of hydrogen-bond donors (Lipinski definition) is 2. The lowest BCUT2D eigenvalue weighted by Gasteiger charge is -2.24. The molecule has 1 saturated heterocycles. The van der Waals surface area contributed by atoms with Crippen LogP contribution in [0, 0.1) is 0 Å². The molecule has 1 aliphatic rings. The average molecular weight is 572 g/mol. The summed E-state index contributed by atoms with van der Waals surface area (Å²) in [5, 5.41) is 5.93. The van der Waals surface area contributed by atoms with Gasteiger partial charge in [-0.3, -0.25) is 13.9 Å². The fourth-order valence-corrected chi connectivity index (χ4v) is 5.69. The number of sulfonamides is 1. The Hall–Kier alpha value is -3.60. The van der Waals surface area contributed by atoms with Gasteiger partial charge in [-0.05, 0) is 80.4 Å². The third-order valence-electron chi connectivity index (χ3n) is 6.08. The quantitative estimate of drug-likeness (QED) is 0.351. The van der Waals surface area contributed by atoms with Crippen molar-refractivity contribution < 1.29 is 27.5 Å². The number of carbonyl (C=O) groups is 2. The van der Waals surface area contributed by atoms with Crippen LogP contribution in [0.5, 0.6) is 5.75 Å². The van der Waals surface area contributed by atoms with Gasteiger partial charge < -0.3 is 20.1 Å². The first-order valence-electron chi connectivity index (χ1n) is 12.6. The van der Waals surface area contributed by atoms with E-state index in [-0.39, 0.29) is 33.8 Å². The van der Waals surface area contributed by atoms with Crippen LogP contribution in [0.25, 0.3) is 0 Å². The van der Waals surface area contributed by atoms with Gasteiger partial charge in [0, 0.05) is 18.2 Å². The topological polar surface area (TPSA) is 114 Å². The van der Waals surface area contributed by atoms with Crippen molar-refractivity contribution in [1.29, 1.82) is 0 Å². The molecule has 3 aromatic rings. The molecule has 0 radical (unpaired) electrons. The predicted molar refractivity (Wildman–Crippen MR) is 150 cm³/mol. The molecule has 0 aliphatic carbocycles. The highest BCUT2D eigenvalue weighted by Crippen LogP contribution is 2.27. The molecule has 2 N–H and O–H groups in total. The molecule has 11 heteroatoms. The van der Waals surface area contributed by atoms with Crippen molar-refractivity contribution in [2.45, 2.75) is 30.8 Å². The Morgan fingerprint density at radius 3 is 2.44 bits per heavy atom. The number of amides is 2. The van der Waals surface area contributed by atoms with E-state index in [9.17, 15) is 18.0 Å². The first kappa shape index (κ1) is 28.4. The zero-order chi connectivity index (χ0) is 27.8. The van der Waals surface area contributed by atoms with E-state index in [1.165, 1.54) is 24.3 Å². The highest BCUT2D eigenvalue weighted by atomic mass is 35.5. The van der Waals surface area contributed by atoms with Crippen LogP contribution in [0.3, 0.4) is 0 Å². The number of hydrogen-bond acceptors (Lipinski definition) is 6. The second-order valence-electron chi connectivity index (χ2n) is 8.83. The Balaban J connectivity index is 1.56. The summed E-state index contributed by atoms with van der Waals surface area (Å²) in [4.78, 5) is 26.1. The maximum Gasteiger partial charge on any atom is 0.264 e. The van der Waals surface area contributed by atoms with Crippen molar-refractivity contribution in [2.24, 2.45) is 0 Å². The Morgan fingerprint density at radius 1 is 1.05 bits per heavy atom. The van der Waals surface area contributed by atoms with Gasteiger partial charge in [0.25, 0.3) is 15.9 Å². The summed E-state index contributed by atoms with van der Waals surface area (Å²) in [6, 6.07) is 18.7. The maximum absolute atomic E-state index is 13.6. The summed E-state index contributed by atoms with van der Waals surface area (Å²) in [6.07, 6.45) is 1.80. The van der Waals surface area contributed by atoms with Crippen molar-refractivity contribution in [3.05, 3.63) is 83.4 Å². The minimum atomic E-state index is -4.15. The predicted octanol–water partition coefficient (Wildman–Crippen LogP) is 4.48. The van der Waals surface area contributed by atoms with Gasteiger partial charge in [-0.25, -0.2) is 8.42 Å². The first-order chi connectivity index (χ1) is 18.8. The van der Waals surface area contributed by atoms with Gasteiger partial charge in [0.2, 0.25) is 5.91 Å². The molecule has 0 spiro atoms. The van der Waals surface area contributed by atoms with Crippen molar-refractivity contribution >= 4 is 44.8 Å². The van der Waals surface area contributed by atoms with E-state index in [4.69, 9.17) is 21.1 Å². The van der Waals surface area contributed by atoms with E-state index in [1.807, 2.05) is 6.92 Å². The lowest BCUT2D eigenvalue weighted by atomic mass is 10.1. The molecular formula is C28H30ClN3O6S. The summed E-state index contributed by atoms with van der Waals surface area (Å²) in [7, 11) is -4.15. The number of anilines is 2. The zero-order valence-electron chi connectivity index (χ0n) is 21.4. The number of ether oxygens (including phenoxy) is 2. The third kappa shape index (κ3) is 7.29. The SMILES string of the molecule is CCOc1ccc(N(CC(=O)Nc2ccccc2C(=O)NC[C@H]2CCCO2)S(=O)(=O)c2ccc(Cl)cc2)cc1. The highest BCUT2D eigenvalue weighted by Gasteiger charge is 2.28. The minimum absolute atomic E-state index is 0.0255. The molecule has 2 amide bonds. The van der Waals surface area contributed by atoms with Crippen molar-refractivity contribution in [3.8, 4) is 5.75 Å². The number of nitrogens with one attached hydrogen (secondary N) is 2. The highest BCUT2D eigenvalue weighted by molar-refractivity contribution is 7.92. The number of benzene rings is 3. The molecule has 206 valence electrons. The van der Waals surface area contributed by atoms with Crippen LogP contribution in [0.15, 0.2) is 77.7 Å². The lowest BCUT2D eigenvalue weighted by molar-refractivity contribution is -0.114. The maximum atomic E-state index is 13.6. The smallest absolute Gasteiger partial charge is 0.264 e. The van der Waals surface area contributed by atoms with Gasteiger partial charge in [-0.1, -0.05) is 23.7 Å². The standard InChI is InChI=1S/C28H30ClN3O6S/c1-2-37-22-13-11-21(12-14-22)32(39(35,36)24-15-9-20(29)10-16-24)19-27(33)31-26-8-4-3-7-25(26)28(34)30-18-23-6-5-17-38-23/h3-4,7-16,23H,2,5-6,17-19H2,1H3,(H,30,34)(H,31,33)/t23-/m1/s1. The Bertz CT molecular complexity index is 1390. The zero-order valence-corrected chi connectivity index (χ0v) is 23.0. The molecule has 0 saturated carbocycles. The van der Waals surface area contributed by atoms with Gasteiger partial charge >= 0.3 is 0 Å². The monoisotopic (exact) mass is 571 g/mol. The summed E-state index contributed by atoms with van der Waals surface area (Å²) in [5.74, 6) is -0.420. The fourth-order valence-electron chi connectivity index (χ4n) is 4.14. The molecule has 1 heterocycles. The normalized spacial score (nSPS) is 15.0. The number of para-hydroxylation sites is 1. The molecule has 0 aromatic heterocycles. The summed E-state index contributed by atoms with van der Waals surface area (Å²) in [6.45, 7) is 2.80. The van der Waals surface area contributed by atoms with Crippen LogP contribution in [0.4, 0.5) is 11.4 Å². The molecule has 1 fully saturated rings. The molecule has 0 bridgehead atoms. The van der Waals surface area contributed by atoms with E-state index >= 15 is 0 Å². The van der Waals surface area contributed by atoms with Crippen LogP contribution >= 0.6 is 11.6 Å². The largest absolute Gasteiger partial charge is 0.494 e. The van der Waals surface area contributed by atoms with Crippen LogP contribution in [0.1, 0.15) is 30.1 Å². The molecule has 1 aliphatic heterocycles. The summed E-state index contributed by atoms with van der Waals surface area (Å²) < 4.78 is 39.3. The number of halogens is 1. The minimum Gasteiger partial charge on any atom is -0.494 e. The molecular weight excluding hydrogens is 542 g/mol. The van der Waals surface area contributed by atoms with Crippen LogP contribution in [0.2, 0.25) is 5.02 Å². The van der Waals surface area contributed by atoms with Crippen LogP contribution in [-0.4, -0.2) is 52.6 Å². The Morgan fingerprint density at radius 2 is 1.77 bits per heavy atom. The Labute approximate surface area is 233 Å². The summed E-state index contributed by atoms with van der Waals surface area (Å²) >= 11 is 5.95. The number of carbonyl (C=O) groups excluding carboxylic acids is 2. The van der Waals surface area contributed by atoms with Gasteiger partial charge in [-0.2, -0.15) is 0 Å². The first-order valence-corrected chi connectivity index (χ1v) is 14.4.